The first-order valence-corrected chi connectivity index (χ1v) is 15.2. The van der Waals surface area contributed by atoms with Crippen molar-refractivity contribution in [2.45, 2.75) is 83.4 Å². The highest BCUT2D eigenvalue weighted by Gasteiger charge is 2.34. The maximum Gasteiger partial charge on any atom is 0.234 e. The van der Waals surface area contributed by atoms with Crippen molar-refractivity contribution in [1.29, 1.82) is 5.41 Å². The Morgan fingerprint density at radius 2 is 1.68 bits per heavy atom. The second-order valence-electron chi connectivity index (χ2n) is 11.8. The number of nitrogens with one attached hydrogen (secondary N) is 1. The van der Waals surface area contributed by atoms with Crippen LogP contribution in [0.4, 0.5) is 5.69 Å². The van der Waals surface area contributed by atoms with E-state index in [0.29, 0.717) is 37.2 Å². The molecule has 6 nitrogen and oxygen atoms in total. The van der Waals surface area contributed by atoms with Crippen LogP contribution >= 0.6 is 0 Å². The smallest absolute Gasteiger partial charge is 0.234 e. The number of unbranched alkanes of at least 4 members (excludes halogenated alkanes) is 2. The summed E-state index contributed by atoms with van der Waals surface area (Å²) in [5, 5.41) is 7.87. The van der Waals surface area contributed by atoms with Crippen molar-refractivity contribution in [1.82, 2.24) is 4.90 Å². The number of hydrogen-bond donors (Lipinski definition) is 2. The average Bonchev–Trinajstić information content (AvgIpc) is 2.98. The standard InChI is InChI=1S/C35H44N4O2/c1-25-11-9-12-26(2)38(25)19-7-4-8-20-39-33-23-31(41-24-27-13-5-3-6-14-27)18-17-29(33)22-32(35(39)40)28-15-10-16-30(21-28)34(36)37/h3,5-6,10,13-18,21,23,25-26,32H,4,7-9,11-12,19-20,22,24H2,1-2H3,(H3,36,37)/t25-,26+,32?. The summed E-state index contributed by atoms with van der Waals surface area (Å²) in [6.45, 7) is 7.02. The van der Waals surface area contributed by atoms with E-state index in [1.165, 1.54) is 19.3 Å². The van der Waals surface area contributed by atoms with Crippen molar-refractivity contribution < 1.29 is 9.53 Å². The number of hydrogen-bond acceptors (Lipinski definition) is 4. The number of anilines is 1. The lowest BCUT2D eigenvalue weighted by Crippen LogP contribution is -2.44. The minimum atomic E-state index is -0.298. The lowest BCUT2D eigenvalue weighted by atomic mass is 9.85. The molecule has 1 amide bonds. The van der Waals surface area contributed by atoms with Gasteiger partial charge < -0.3 is 15.4 Å². The number of piperidine rings is 1. The monoisotopic (exact) mass is 552 g/mol. The molecule has 0 aliphatic carbocycles. The molecule has 3 aromatic carbocycles. The molecule has 2 aliphatic rings. The minimum Gasteiger partial charge on any atom is -0.489 e. The summed E-state index contributed by atoms with van der Waals surface area (Å²) in [4.78, 5) is 18.7. The summed E-state index contributed by atoms with van der Waals surface area (Å²) in [5.41, 5.74) is 10.6. The van der Waals surface area contributed by atoms with Crippen molar-refractivity contribution in [2.24, 2.45) is 5.73 Å². The fraction of sp³-hybridized carbons (Fsp3) is 0.429. The second kappa shape index (κ2) is 13.3. The number of carbonyl (C=O) groups excluding carboxylic acids is 1. The molecule has 0 radical (unpaired) electrons. The van der Waals surface area contributed by atoms with Crippen LogP contribution in [0.1, 0.15) is 80.5 Å². The van der Waals surface area contributed by atoms with Crippen LogP contribution in [0.2, 0.25) is 0 Å². The van der Waals surface area contributed by atoms with E-state index in [9.17, 15) is 4.79 Å². The molecule has 0 spiro atoms. The lowest BCUT2D eigenvalue weighted by Gasteiger charge is -2.39. The van der Waals surface area contributed by atoms with E-state index in [0.717, 1.165) is 53.9 Å². The molecule has 3 N–H and O–H groups in total. The van der Waals surface area contributed by atoms with Gasteiger partial charge in [-0.1, -0.05) is 67.4 Å². The van der Waals surface area contributed by atoms with E-state index in [1.807, 2.05) is 59.5 Å². The molecule has 1 saturated heterocycles. The highest BCUT2D eigenvalue weighted by atomic mass is 16.5. The fourth-order valence-electron chi connectivity index (χ4n) is 6.48. The van der Waals surface area contributed by atoms with E-state index < -0.39 is 0 Å². The number of carbonyl (C=O) groups is 1. The molecular weight excluding hydrogens is 508 g/mol. The number of benzene rings is 3. The van der Waals surface area contributed by atoms with Gasteiger partial charge in [-0.15, -0.1) is 0 Å². The number of nitrogen functional groups attached to an aromatic ring is 1. The molecule has 0 aromatic heterocycles. The molecule has 5 rings (SSSR count). The van der Waals surface area contributed by atoms with Gasteiger partial charge in [-0.05, 0) is 81.3 Å². The predicted octanol–water partition coefficient (Wildman–Crippen LogP) is 6.66. The van der Waals surface area contributed by atoms with Gasteiger partial charge in [0.1, 0.15) is 18.2 Å². The maximum absolute atomic E-state index is 14.0. The van der Waals surface area contributed by atoms with Gasteiger partial charge in [0.2, 0.25) is 5.91 Å². The third-order valence-electron chi connectivity index (χ3n) is 8.86. The number of nitrogens with zero attached hydrogens (tertiary/aromatic N) is 2. The zero-order valence-electron chi connectivity index (χ0n) is 24.5. The fourth-order valence-corrected chi connectivity index (χ4v) is 6.48. The van der Waals surface area contributed by atoms with Crippen LogP contribution in [0.5, 0.6) is 5.75 Å². The molecule has 3 atom stereocenters. The maximum atomic E-state index is 14.0. The number of likely N-dealkylation sites (tertiary alicyclic amines) is 1. The molecule has 6 heteroatoms. The number of amides is 1. The van der Waals surface area contributed by atoms with Crippen LogP contribution in [0.25, 0.3) is 0 Å². The molecule has 41 heavy (non-hydrogen) atoms. The summed E-state index contributed by atoms with van der Waals surface area (Å²) in [6, 6.07) is 25.2. The first-order chi connectivity index (χ1) is 19.9. The lowest BCUT2D eigenvalue weighted by molar-refractivity contribution is -0.120. The van der Waals surface area contributed by atoms with Crippen molar-refractivity contribution in [2.75, 3.05) is 18.0 Å². The molecule has 0 bridgehead atoms. The van der Waals surface area contributed by atoms with Gasteiger partial charge >= 0.3 is 0 Å². The van der Waals surface area contributed by atoms with Gasteiger partial charge in [-0.3, -0.25) is 15.1 Å². The van der Waals surface area contributed by atoms with Gasteiger partial charge in [0.05, 0.1) is 11.6 Å². The van der Waals surface area contributed by atoms with Crippen LogP contribution in [0.3, 0.4) is 0 Å². The van der Waals surface area contributed by atoms with Gasteiger partial charge in [0.15, 0.2) is 0 Å². The third kappa shape index (κ3) is 6.99. The van der Waals surface area contributed by atoms with E-state index in [4.69, 9.17) is 15.9 Å². The van der Waals surface area contributed by atoms with E-state index in [2.05, 4.69) is 36.9 Å². The number of fused-ring (bicyclic) bond motifs is 1. The molecular formula is C35H44N4O2. The Morgan fingerprint density at radius 3 is 2.44 bits per heavy atom. The van der Waals surface area contributed by atoms with Crippen molar-refractivity contribution in [3.63, 3.8) is 0 Å². The van der Waals surface area contributed by atoms with Gasteiger partial charge in [-0.2, -0.15) is 0 Å². The Balaban J connectivity index is 1.31. The van der Waals surface area contributed by atoms with Crippen LogP contribution in [-0.4, -0.2) is 41.8 Å². The molecule has 216 valence electrons. The number of amidine groups is 1. The molecule has 1 unspecified atom stereocenters. The first-order valence-electron chi connectivity index (χ1n) is 15.2. The second-order valence-corrected chi connectivity index (χ2v) is 11.8. The average molecular weight is 553 g/mol. The van der Waals surface area contributed by atoms with Crippen LogP contribution in [0.15, 0.2) is 72.8 Å². The largest absolute Gasteiger partial charge is 0.489 e. The molecule has 2 heterocycles. The zero-order chi connectivity index (χ0) is 28.8. The Morgan fingerprint density at radius 1 is 0.927 bits per heavy atom. The summed E-state index contributed by atoms with van der Waals surface area (Å²) >= 11 is 0. The van der Waals surface area contributed by atoms with Crippen LogP contribution < -0.4 is 15.4 Å². The van der Waals surface area contributed by atoms with Crippen molar-refractivity contribution in [3.8, 4) is 5.75 Å². The highest BCUT2D eigenvalue weighted by molar-refractivity contribution is 6.02. The summed E-state index contributed by atoms with van der Waals surface area (Å²) in [7, 11) is 0. The Bertz CT molecular complexity index is 1330. The molecule has 3 aromatic rings. The summed E-state index contributed by atoms with van der Waals surface area (Å²) < 4.78 is 6.14. The Labute approximate surface area is 245 Å². The van der Waals surface area contributed by atoms with Gasteiger partial charge in [0.25, 0.3) is 0 Å². The van der Waals surface area contributed by atoms with Crippen LogP contribution in [0, 0.1) is 5.41 Å². The minimum absolute atomic E-state index is 0.0184. The molecule has 1 fully saturated rings. The third-order valence-corrected chi connectivity index (χ3v) is 8.86. The van der Waals surface area contributed by atoms with E-state index in [1.54, 1.807) is 0 Å². The summed E-state index contributed by atoms with van der Waals surface area (Å²) in [6.07, 6.45) is 7.74. The van der Waals surface area contributed by atoms with Gasteiger partial charge in [-0.25, -0.2) is 0 Å². The highest BCUT2D eigenvalue weighted by Crippen LogP contribution is 2.38. The number of ether oxygens (including phenoxy) is 1. The SMILES string of the molecule is C[C@@H]1CCC[C@H](C)N1CCCCCN1C(=O)C(c2cccc(C(=N)N)c2)Cc2ccc(OCc3ccccc3)cc21. The zero-order valence-corrected chi connectivity index (χ0v) is 24.5. The summed E-state index contributed by atoms with van der Waals surface area (Å²) in [5.74, 6) is 0.602. The topological polar surface area (TPSA) is 82.7 Å². The predicted molar refractivity (Wildman–Crippen MR) is 167 cm³/mol. The van der Waals surface area contributed by atoms with Crippen LogP contribution in [-0.2, 0) is 17.8 Å². The van der Waals surface area contributed by atoms with E-state index >= 15 is 0 Å². The normalized spacial score (nSPS) is 21.0. The van der Waals surface area contributed by atoms with Crippen molar-refractivity contribution >= 4 is 17.4 Å². The quantitative estimate of drug-likeness (QED) is 0.158. The molecule has 2 aliphatic heterocycles. The molecule has 0 saturated carbocycles. The Hall–Kier alpha value is -3.64. The van der Waals surface area contributed by atoms with E-state index in [-0.39, 0.29) is 17.7 Å². The van der Waals surface area contributed by atoms with Gasteiger partial charge in [0, 0.05) is 30.3 Å². The van der Waals surface area contributed by atoms with Crippen molar-refractivity contribution in [3.05, 3.63) is 95.1 Å². The number of rotatable bonds is 11. The number of nitrogens with two attached hydrogens (primary N) is 1. The Kier molecular flexibility index (Phi) is 9.40. The first kappa shape index (κ1) is 28.9.